The molecule has 2 rings (SSSR count). The third-order valence-corrected chi connectivity index (χ3v) is 1.79. The number of alkyl halides is 2. The fourth-order valence-corrected chi connectivity index (χ4v) is 1.20. The lowest BCUT2D eigenvalue weighted by Gasteiger charge is -2.07. The minimum Gasteiger partial charge on any atom is -0.394 e. The first-order valence-corrected chi connectivity index (χ1v) is 4.08. The molecule has 1 aromatic rings. The van der Waals surface area contributed by atoms with E-state index >= 15 is 0 Å². The number of rotatable bonds is 1. The van der Waals surface area contributed by atoms with Crippen LogP contribution in [0.4, 0.5) is 8.78 Å². The molecule has 0 saturated heterocycles. The maximum Gasteiger partial charge on any atom is 0.586 e. The summed E-state index contributed by atoms with van der Waals surface area (Å²) in [4.78, 5) is 0. The van der Waals surface area contributed by atoms with Gasteiger partial charge in [-0.3, -0.25) is 0 Å². The number of benzene rings is 1. The molecule has 0 radical (unpaired) electrons. The van der Waals surface area contributed by atoms with E-state index in [9.17, 15) is 8.78 Å². The standard InChI is InChI=1S/C10H5F2NO2/c11-10(12)14-8(6-13)9(15-10)7-4-2-1-3-5-7/h1-5H. The number of nitriles is 1. The van der Waals surface area contributed by atoms with Crippen LogP contribution >= 0.6 is 0 Å². The van der Waals surface area contributed by atoms with Crippen LogP contribution in [0.3, 0.4) is 0 Å². The van der Waals surface area contributed by atoms with Crippen LogP contribution in [0.5, 0.6) is 0 Å². The molecular formula is C10H5F2NO2. The van der Waals surface area contributed by atoms with Crippen LogP contribution in [-0.2, 0) is 9.47 Å². The van der Waals surface area contributed by atoms with E-state index in [1.54, 1.807) is 30.3 Å². The summed E-state index contributed by atoms with van der Waals surface area (Å²) < 4.78 is 33.6. The Morgan fingerprint density at radius 3 is 2.40 bits per heavy atom. The fraction of sp³-hybridized carbons (Fsp3) is 0.100. The van der Waals surface area contributed by atoms with Crippen LogP contribution in [0.2, 0.25) is 0 Å². The van der Waals surface area contributed by atoms with Crippen molar-refractivity contribution in [2.45, 2.75) is 6.29 Å². The first-order valence-electron chi connectivity index (χ1n) is 4.08. The Hall–Kier alpha value is -2.09. The van der Waals surface area contributed by atoms with Crippen molar-refractivity contribution in [2.75, 3.05) is 0 Å². The van der Waals surface area contributed by atoms with Gasteiger partial charge < -0.3 is 9.47 Å². The first-order chi connectivity index (χ1) is 7.12. The van der Waals surface area contributed by atoms with Crippen molar-refractivity contribution in [2.24, 2.45) is 0 Å². The van der Waals surface area contributed by atoms with Crippen LogP contribution in [-0.4, -0.2) is 6.29 Å². The van der Waals surface area contributed by atoms with Gasteiger partial charge in [0.15, 0.2) is 5.76 Å². The van der Waals surface area contributed by atoms with Crippen molar-refractivity contribution in [3.8, 4) is 6.07 Å². The van der Waals surface area contributed by atoms with E-state index in [2.05, 4.69) is 9.47 Å². The summed E-state index contributed by atoms with van der Waals surface area (Å²) in [5.41, 5.74) is 0.381. The van der Waals surface area contributed by atoms with Crippen LogP contribution < -0.4 is 0 Å². The molecule has 0 aromatic heterocycles. The quantitative estimate of drug-likeness (QED) is 0.713. The molecule has 0 spiro atoms. The van der Waals surface area contributed by atoms with Gasteiger partial charge in [-0.1, -0.05) is 30.3 Å². The van der Waals surface area contributed by atoms with Crippen LogP contribution in [0.15, 0.2) is 36.1 Å². The number of allylic oxidation sites excluding steroid dienone is 1. The summed E-state index contributed by atoms with van der Waals surface area (Å²) in [5.74, 6) is -0.741. The van der Waals surface area contributed by atoms with E-state index in [1.807, 2.05) is 0 Å². The average Bonchev–Trinajstić information content (AvgIpc) is 2.55. The molecule has 1 aromatic carbocycles. The molecule has 0 aliphatic carbocycles. The number of nitrogens with zero attached hydrogens (tertiary/aromatic N) is 1. The zero-order valence-corrected chi connectivity index (χ0v) is 7.41. The number of halogens is 2. The van der Waals surface area contributed by atoms with Gasteiger partial charge in [-0.2, -0.15) is 5.26 Å². The minimum atomic E-state index is -3.75. The van der Waals surface area contributed by atoms with Crippen molar-refractivity contribution in [1.82, 2.24) is 0 Å². The van der Waals surface area contributed by atoms with Gasteiger partial charge in [0.25, 0.3) is 0 Å². The molecule has 5 heteroatoms. The molecule has 76 valence electrons. The average molecular weight is 209 g/mol. The van der Waals surface area contributed by atoms with Gasteiger partial charge in [0, 0.05) is 5.56 Å². The van der Waals surface area contributed by atoms with Gasteiger partial charge >= 0.3 is 6.29 Å². The molecule has 0 bridgehead atoms. The monoisotopic (exact) mass is 209 g/mol. The summed E-state index contributed by atoms with van der Waals surface area (Å²) >= 11 is 0. The summed E-state index contributed by atoms with van der Waals surface area (Å²) in [6.07, 6.45) is -3.75. The zero-order valence-electron chi connectivity index (χ0n) is 7.41. The van der Waals surface area contributed by atoms with Gasteiger partial charge in [-0.05, 0) is 0 Å². The lowest BCUT2D eigenvalue weighted by Crippen LogP contribution is -2.16. The van der Waals surface area contributed by atoms with Crippen LogP contribution in [0.25, 0.3) is 5.76 Å². The third-order valence-electron chi connectivity index (χ3n) is 1.79. The Bertz CT molecular complexity index is 448. The van der Waals surface area contributed by atoms with E-state index in [0.29, 0.717) is 5.56 Å². The third kappa shape index (κ3) is 1.74. The predicted molar refractivity (Wildman–Crippen MR) is 46.1 cm³/mol. The van der Waals surface area contributed by atoms with Gasteiger partial charge in [0.05, 0.1) is 0 Å². The van der Waals surface area contributed by atoms with E-state index in [4.69, 9.17) is 5.26 Å². The highest BCUT2D eigenvalue weighted by molar-refractivity contribution is 5.66. The highest BCUT2D eigenvalue weighted by atomic mass is 19.3. The maximum absolute atomic E-state index is 12.7. The van der Waals surface area contributed by atoms with Crippen LogP contribution in [0, 0.1) is 11.3 Å². The highest BCUT2D eigenvalue weighted by Gasteiger charge is 2.45. The second-order valence-electron chi connectivity index (χ2n) is 2.80. The van der Waals surface area contributed by atoms with E-state index < -0.39 is 12.1 Å². The van der Waals surface area contributed by atoms with Crippen molar-refractivity contribution >= 4 is 5.76 Å². The number of hydrogen-bond donors (Lipinski definition) is 0. The second-order valence-corrected chi connectivity index (χ2v) is 2.80. The molecule has 1 aliphatic rings. The van der Waals surface area contributed by atoms with Gasteiger partial charge in [0.1, 0.15) is 6.07 Å². The van der Waals surface area contributed by atoms with Crippen molar-refractivity contribution in [3.63, 3.8) is 0 Å². The molecule has 1 aliphatic heterocycles. The molecule has 0 saturated carbocycles. The van der Waals surface area contributed by atoms with Crippen LogP contribution in [0.1, 0.15) is 5.56 Å². The fourth-order valence-electron chi connectivity index (χ4n) is 1.20. The van der Waals surface area contributed by atoms with E-state index in [1.165, 1.54) is 6.07 Å². The Morgan fingerprint density at radius 1 is 1.13 bits per heavy atom. The molecule has 0 atom stereocenters. The second kappa shape index (κ2) is 3.24. The molecule has 3 nitrogen and oxygen atoms in total. The van der Waals surface area contributed by atoms with Gasteiger partial charge in [-0.15, -0.1) is 8.78 Å². The van der Waals surface area contributed by atoms with Crippen molar-refractivity contribution in [3.05, 3.63) is 41.7 Å². The molecule has 0 fully saturated rings. The molecular weight excluding hydrogens is 204 g/mol. The first kappa shape index (κ1) is 9.46. The van der Waals surface area contributed by atoms with Gasteiger partial charge in [0.2, 0.25) is 5.76 Å². The Balaban J connectivity index is 2.42. The molecule has 0 N–H and O–H groups in total. The summed E-state index contributed by atoms with van der Waals surface area (Å²) in [6.45, 7) is 0. The summed E-state index contributed by atoms with van der Waals surface area (Å²) in [5, 5.41) is 8.58. The molecule has 0 unspecified atom stereocenters. The zero-order chi connectivity index (χ0) is 10.9. The van der Waals surface area contributed by atoms with E-state index in [0.717, 1.165) is 0 Å². The molecule has 15 heavy (non-hydrogen) atoms. The number of hydrogen-bond acceptors (Lipinski definition) is 3. The summed E-state index contributed by atoms with van der Waals surface area (Å²) in [7, 11) is 0. The Kier molecular flexibility index (Phi) is 2.05. The topological polar surface area (TPSA) is 42.2 Å². The Morgan fingerprint density at radius 2 is 1.80 bits per heavy atom. The van der Waals surface area contributed by atoms with E-state index in [-0.39, 0.29) is 5.76 Å². The highest BCUT2D eigenvalue weighted by Crippen LogP contribution is 2.38. The number of ether oxygens (including phenoxy) is 2. The minimum absolute atomic E-state index is 0.233. The lowest BCUT2D eigenvalue weighted by atomic mass is 10.2. The SMILES string of the molecule is N#CC1=C(c2ccccc2)OC(F)(F)O1. The largest absolute Gasteiger partial charge is 0.586 e. The molecule has 1 heterocycles. The predicted octanol–water partition coefficient (Wildman–Crippen LogP) is 2.48. The maximum atomic E-state index is 12.7. The normalized spacial score (nSPS) is 17.9. The molecule has 0 amide bonds. The lowest BCUT2D eigenvalue weighted by molar-refractivity contribution is -0.328. The summed E-state index contributed by atoms with van der Waals surface area (Å²) in [6, 6.07) is 9.65. The van der Waals surface area contributed by atoms with Gasteiger partial charge in [-0.25, -0.2) is 0 Å². The smallest absolute Gasteiger partial charge is 0.394 e. The van der Waals surface area contributed by atoms with Crippen molar-refractivity contribution in [1.29, 1.82) is 5.26 Å². The van der Waals surface area contributed by atoms with Crippen molar-refractivity contribution < 1.29 is 18.3 Å². The Labute approximate surface area is 84.1 Å².